The van der Waals surface area contributed by atoms with E-state index in [1.165, 1.54) is 0 Å². The molecule has 17 heavy (non-hydrogen) atoms. The molecule has 1 aliphatic carbocycles. The van der Waals surface area contributed by atoms with Crippen molar-refractivity contribution in [3.05, 3.63) is 0 Å². The van der Waals surface area contributed by atoms with Crippen molar-refractivity contribution >= 4 is 12.0 Å². The Morgan fingerprint density at radius 2 is 1.71 bits per heavy atom. The molecule has 2 rings (SSSR count). The second-order valence-corrected chi connectivity index (χ2v) is 4.71. The number of carboxylic acid groups (broad SMARTS) is 1. The minimum absolute atomic E-state index is 0.0327. The number of carbonyl (C=O) groups is 2. The Hall–Kier alpha value is -1.30. The molecule has 1 heterocycles. The van der Waals surface area contributed by atoms with Gasteiger partial charge in [0, 0.05) is 31.2 Å². The molecule has 0 aromatic carbocycles. The van der Waals surface area contributed by atoms with Crippen molar-refractivity contribution in [3.8, 4) is 0 Å². The van der Waals surface area contributed by atoms with Crippen LogP contribution < -0.4 is 10.6 Å². The molecular formula is C11H18N2O4. The summed E-state index contributed by atoms with van der Waals surface area (Å²) in [5, 5.41) is 13.9. The van der Waals surface area contributed by atoms with Gasteiger partial charge in [0.1, 0.15) is 0 Å². The molecule has 0 spiro atoms. The van der Waals surface area contributed by atoms with Crippen LogP contribution in [0.15, 0.2) is 0 Å². The highest BCUT2D eigenvalue weighted by atomic mass is 16.5. The van der Waals surface area contributed by atoms with E-state index in [9.17, 15) is 9.59 Å². The van der Waals surface area contributed by atoms with Gasteiger partial charge in [-0.3, -0.25) is 4.79 Å². The molecule has 1 saturated heterocycles. The molecule has 6 nitrogen and oxygen atoms in total. The second-order valence-electron chi connectivity index (χ2n) is 4.71. The van der Waals surface area contributed by atoms with Gasteiger partial charge >= 0.3 is 6.09 Å². The molecule has 0 aromatic rings. The monoisotopic (exact) mass is 242 g/mol. The lowest BCUT2D eigenvalue weighted by Gasteiger charge is -2.35. The number of nitrogens with one attached hydrogen (secondary N) is 2. The standard InChI is InChI=1S/C11H18N2O4/c14-10(12-8-1-3-17-4-2-8)7-5-9(6-7)13-11(15)16/h7-9,13H,1-6H2,(H,12,14)(H,15,16). The molecular weight excluding hydrogens is 224 g/mol. The fourth-order valence-electron chi connectivity index (χ4n) is 2.29. The molecule has 1 saturated carbocycles. The largest absolute Gasteiger partial charge is 0.465 e. The molecule has 2 amide bonds. The Balaban J connectivity index is 1.66. The lowest BCUT2D eigenvalue weighted by atomic mass is 9.79. The van der Waals surface area contributed by atoms with Crippen LogP contribution in [0.3, 0.4) is 0 Å². The van der Waals surface area contributed by atoms with Crippen molar-refractivity contribution in [2.45, 2.75) is 37.8 Å². The van der Waals surface area contributed by atoms with Gasteiger partial charge < -0.3 is 20.5 Å². The molecule has 0 aromatic heterocycles. The Morgan fingerprint density at radius 1 is 1.06 bits per heavy atom. The number of ether oxygens (including phenoxy) is 1. The predicted octanol–water partition coefficient (Wildman–Crippen LogP) is 0.328. The van der Waals surface area contributed by atoms with Gasteiger partial charge in [-0.25, -0.2) is 4.79 Å². The van der Waals surface area contributed by atoms with Gasteiger partial charge in [0.25, 0.3) is 0 Å². The lowest BCUT2D eigenvalue weighted by Crippen LogP contribution is -2.51. The van der Waals surface area contributed by atoms with E-state index in [0.29, 0.717) is 26.1 Å². The van der Waals surface area contributed by atoms with Crippen LogP contribution in [0.25, 0.3) is 0 Å². The van der Waals surface area contributed by atoms with E-state index >= 15 is 0 Å². The summed E-state index contributed by atoms with van der Waals surface area (Å²) in [7, 11) is 0. The maximum absolute atomic E-state index is 11.8. The van der Waals surface area contributed by atoms with Crippen LogP contribution >= 0.6 is 0 Å². The van der Waals surface area contributed by atoms with E-state index in [0.717, 1.165) is 12.8 Å². The topological polar surface area (TPSA) is 87.7 Å². The molecule has 0 bridgehead atoms. The van der Waals surface area contributed by atoms with Crippen LogP contribution in [0.5, 0.6) is 0 Å². The summed E-state index contributed by atoms with van der Waals surface area (Å²) in [6.07, 6.45) is 1.95. The Morgan fingerprint density at radius 3 is 2.29 bits per heavy atom. The van der Waals surface area contributed by atoms with Crippen molar-refractivity contribution in [2.24, 2.45) is 5.92 Å². The number of hydrogen-bond acceptors (Lipinski definition) is 3. The summed E-state index contributed by atoms with van der Waals surface area (Å²) in [5.41, 5.74) is 0. The van der Waals surface area contributed by atoms with Crippen molar-refractivity contribution in [3.63, 3.8) is 0 Å². The molecule has 96 valence electrons. The molecule has 2 aliphatic rings. The van der Waals surface area contributed by atoms with Crippen molar-refractivity contribution < 1.29 is 19.4 Å². The summed E-state index contributed by atoms with van der Waals surface area (Å²) in [6.45, 7) is 1.41. The first-order chi connectivity index (χ1) is 8.15. The smallest absolute Gasteiger partial charge is 0.404 e. The summed E-state index contributed by atoms with van der Waals surface area (Å²) < 4.78 is 5.22. The number of amides is 2. The molecule has 2 fully saturated rings. The fraction of sp³-hybridized carbons (Fsp3) is 0.818. The van der Waals surface area contributed by atoms with Crippen LogP contribution in [0, 0.1) is 5.92 Å². The van der Waals surface area contributed by atoms with Gasteiger partial charge in [-0.2, -0.15) is 0 Å². The fourth-order valence-corrected chi connectivity index (χ4v) is 2.29. The van der Waals surface area contributed by atoms with E-state index in [2.05, 4.69) is 10.6 Å². The average molecular weight is 242 g/mol. The third-order valence-corrected chi connectivity index (χ3v) is 3.40. The van der Waals surface area contributed by atoms with Crippen molar-refractivity contribution in [1.82, 2.24) is 10.6 Å². The summed E-state index contributed by atoms with van der Waals surface area (Å²) in [4.78, 5) is 22.2. The highest BCUT2D eigenvalue weighted by Crippen LogP contribution is 2.27. The average Bonchev–Trinajstić information content (AvgIpc) is 2.23. The highest BCUT2D eigenvalue weighted by molar-refractivity contribution is 5.80. The highest BCUT2D eigenvalue weighted by Gasteiger charge is 2.36. The van der Waals surface area contributed by atoms with Crippen LogP contribution in [0.4, 0.5) is 4.79 Å². The minimum atomic E-state index is -1.02. The summed E-state index contributed by atoms with van der Waals surface area (Å²) in [6, 6.07) is 0.167. The Kier molecular flexibility index (Phi) is 3.83. The first-order valence-electron chi connectivity index (χ1n) is 6.02. The predicted molar refractivity (Wildman–Crippen MR) is 59.7 cm³/mol. The summed E-state index contributed by atoms with van der Waals surface area (Å²) >= 11 is 0. The van der Waals surface area contributed by atoms with Crippen LogP contribution in [-0.2, 0) is 9.53 Å². The van der Waals surface area contributed by atoms with Crippen molar-refractivity contribution in [2.75, 3.05) is 13.2 Å². The van der Waals surface area contributed by atoms with Gasteiger partial charge in [-0.15, -0.1) is 0 Å². The summed E-state index contributed by atoms with van der Waals surface area (Å²) in [5.74, 6) is 0.0232. The first-order valence-corrected chi connectivity index (χ1v) is 6.02. The first kappa shape index (κ1) is 12.2. The van der Waals surface area contributed by atoms with E-state index in [1.807, 2.05) is 0 Å². The molecule has 6 heteroatoms. The van der Waals surface area contributed by atoms with Crippen molar-refractivity contribution in [1.29, 1.82) is 0 Å². The molecule has 0 unspecified atom stereocenters. The van der Waals surface area contributed by atoms with E-state index in [4.69, 9.17) is 9.84 Å². The molecule has 1 aliphatic heterocycles. The third kappa shape index (κ3) is 3.33. The lowest BCUT2D eigenvalue weighted by molar-refractivity contribution is -0.129. The normalized spacial score (nSPS) is 29.2. The van der Waals surface area contributed by atoms with E-state index in [-0.39, 0.29) is 23.9 Å². The Labute approximate surface area is 99.7 Å². The van der Waals surface area contributed by atoms with E-state index in [1.54, 1.807) is 0 Å². The van der Waals surface area contributed by atoms with Crippen LogP contribution in [0.1, 0.15) is 25.7 Å². The molecule has 0 radical (unpaired) electrons. The van der Waals surface area contributed by atoms with E-state index < -0.39 is 6.09 Å². The van der Waals surface area contributed by atoms with Crippen LogP contribution in [-0.4, -0.2) is 42.4 Å². The zero-order chi connectivity index (χ0) is 12.3. The maximum atomic E-state index is 11.8. The number of carbonyl (C=O) groups excluding carboxylic acids is 1. The van der Waals surface area contributed by atoms with Crippen LogP contribution in [0.2, 0.25) is 0 Å². The zero-order valence-corrected chi connectivity index (χ0v) is 9.65. The minimum Gasteiger partial charge on any atom is -0.465 e. The number of rotatable bonds is 3. The van der Waals surface area contributed by atoms with Gasteiger partial charge in [-0.1, -0.05) is 0 Å². The van der Waals surface area contributed by atoms with Gasteiger partial charge in [-0.05, 0) is 25.7 Å². The maximum Gasteiger partial charge on any atom is 0.404 e. The molecule has 0 atom stereocenters. The van der Waals surface area contributed by atoms with Gasteiger partial charge in [0.05, 0.1) is 0 Å². The molecule has 3 N–H and O–H groups in total. The second kappa shape index (κ2) is 5.35. The van der Waals surface area contributed by atoms with Gasteiger partial charge in [0.2, 0.25) is 5.91 Å². The quantitative estimate of drug-likeness (QED) is 0.665. The SMILES string of the molecule is O=C(O)NC1CC(C(=O)NC2CCOCC2)C1. The third-order valence-electron chi connectivity index (χ3n) is 3.40. The zero-order valence-electron chi connectivity index (χ0n) is 9.65. The Bertz CT molecular complexity index is 296. The van der Waals surface area contributed by atoms with Gasteiger partial charge in [0.15, 0.2) is 0 Å². The number of hydrogen-bond donors (Lipinski definition) is 3.